The van der Waals surface area contributed by atoms with Gasteiger partial charge in [0.05, 0.1) is 26.0 Å². The van der Waals surface area contributed by atoms with Crippen molar-refractivity contribution in [1.82, 2.24) is 20.4 Å². The monoisotopic (exact) mass is 393 g/mol. The first-order valence-electron chi connectivity index (χ1n) is 10.7. The van der Waals surface area contributed by atoms with Gasteiger partial charge in [0.1, 0.15) is 5.76 Å². The Labute approximate surface area is 170 Å². The van der Waals surface area contributed by atoms with Crippen molar-refractivity contribution in [3.05, 3.63) is 24.2 Å². The van der Waals surface area contributed by atoms with Crippen LogP contribution in [0.2, 0.25) is 0 Å². The molecule has 0 saturated carbocycles. The maximum Gasteiger partial charge on any atom is 0.191 e. The van der Waals surface area contributed by atoms with E-state index in [0.717, 1.165) is 77.2 Å². The second-order valence-electron chi connectivity index (χ2n) is 7.79. The van der Waals surface area contributed by atoms with Crippen LogP contribution >= 0.6 is 0 Å². The Bertz CT molecular complexity index is 531. The highest BCUT2D eigenvalue weighted by atomic mass is 16.5. The zero-order valence-electron chi connectivity index (χ0n) is 18.1. The summed E-state index contributed by atoms with van der Waals surface area (Å²) in [6.45, 7) is 17.1. The van der Waals surface area contributed by atoms with Gasteiger partial charge in [-0.05, 0) is 39.8 Å². The molecule has 0 aromatic carbocycles. The molecular weight excluding hydrogens is 354 g/mol. The summed E-state index contributed by atoms with van der Waals surface area (Å²) in [5, 5.41) is 6.95. The number of nitrogens with one attached hydrogen (secondary N) is 2. The molecule has 0 spiro atoms. The number of guanidine groups is 1. The van der Waals surface area contributed by atoms with Gasteiger partial charge in [-0.3, -0.25) is 14.8 Å². The Balaban J connectivity index is 1.80. The fourth-order valence-electron chi connectivity index (χ4n) is 3.48. The molecule has 7 heteroatoms. The van der Waals surface area contributed by atoms with Crippen molar-refractivity contribution in [2.75, 3.05) is 59.0 Å². The van der Waals surface area contributed by atoms with Crippen molar-refractivity contribution >= 4 is 5.96 Å². The van der Waals surface area contributed by atoms with Gasteiger partial charge in [-0.1, -0.05) is 0 Å². The van der Waals surface area contributed by atoms with E-state index in [-0.39, 0.29) is 0 Å². The molecule has 0 atom stereocenters. The Morgan fingerprint density at radius 3 is 2.50 bits per heavy atom. The van der Waals surface area contributed by atoms with Crippen LogP contribution in [-0.2, 0) is 11.2 Å². The molecule has 7 nitrogen and oxygen atoms in total. The molecule has 2 N–H and O–H groups in total. The maximum absolute atomic E-state index is 5.42. The average molecular weight is 394 g/mol. The molecule has 160 valence electrons. The normalized spacial score (nSPS) is 16.3. The van der Waals surface area contributed by atoms with Crippen LogP contribution in [0, 0.1) is 0 Å². The van der Waals surface area contributed by atoms with Gasteiger partial charge in [-0.2, -0.15) is 0 Å². The van der Waals surface area contributed by atoms with Crippen LogP contribution in [0.3, 0.4) is 0 Å². The Kier molecular flexibility index (Phi) is 10.4. The van der Waals surface area contributed by atoms with Crippen molar-refractivity contribution in [3.63, 3.8) is 0 Å². The number of rotatable bonds is 11. The number of hydrogen-bond donors (Lipinski definition) is 2. The predicted molar refractivity (Wildman–Crippen MR) is 115 cm³/mol. The summed E-state index contributed by atoms with van der Waals surface area (Å²) in [7, 11) is 0. The first-order valence-corrected chi connectivity index (χ1v) is 10.7. The summed E-state index contributed by atoms with van der Waals surface area (Å²) >= 11 is 0. The lowest BCUT2D eigenvalue weighted by Crippen LogP contribution is -2.46. The molecule has 1 aromatic heterocycles. The number of nitrogens with zero attached hydrogens (tertiary/aromatic N) is 3. The lowest BCUT2D eigenvalue weighted by Gasteiger charge is -2.30. The van der Waals surface area contributed by atoms with E-state index in [1.54, 1.807) is 6.26 Å². The van der Waals surface area contributed by atoms with Gasteiger partial charge in [-0.15, -0.1) is 0 Å². The van der Waals surface area contributed by atoms with Crippen molar-refractivity contribution in [3.8, 4) is 0 Å². The zero-order chi connectivity index (χ0) is 20.2. The zero-order valence-corrected chi connectivity index (χ0v) is 18.1. The largest absolute Gasteiger partial charge is 0.469 e. The van der Waals surface area contributed by atoms with Gasteiger partial charge in [0.25, 0.3) is 0 Å². The summed E-state index contributed by atoms with van der Waals surface area (Å²) in [6, 6.07) is 5.01. The van der Waals surface area contributed by atoms with Gasteiger partial charge < -0.3 is 19.8 Å². The predicted octanol–water partition coefficient (Wildman–Crippen LogP) is 1.81. The first kappa shape index (κ1) is 22.7. The number of morpholine rings is 1. The Hall–Kier alpha value is -1.57. The lowest BCUT2D eigenvalue weighted by atomic mass is 10.2. The average Bonchev–Trinajstić information content (AvgIpc) is 3.18. The number of aliphatic imine (C=N–C) groups is 1. The van der Waals surface area contributed by atoms with E-state index in [1.807, 2.05) is 12.1 Å². The highest BCUT2D eigenvalue weighted by Gasteiger charge is 2.13. The quantitative estimate of drug-likeness (QED) is 0.442. The lowest BCUT2D eigenvalue weighted by molar-refractivity contribution is 0.0394. The molecule has 1 saturated heterocycles. The molecule has 2 rings (SSSR count). The molecule has 28 heavy (non-hydrogen) atoms. The second-order valence-corrected chi connectivity index (χ2v) is 7.79. The van der Waals surface area contributed by atoms with E-state index in [0.29, 0.717) is 12.1 Å². The highest BCUT2D eigenvalue weighted by Crippen LogP contribution is 2.03. The molecule has 0 radical (unpaired) electrons. The molecule has 0 bridgehead atoms. The maximum atomic E-state index is 5.42. The van der Waals surface area contributed by atoms with Crippen molar-refractivity contribution in [1.29, 1.82) is 0 Å². The summed E-state index contributed by atoms with van der Waals surface area (Å²) in [4.78, 5) is 9.68. The van der Waals surface area contributed by atoms with Gasteiger partial charge in [-0.25, -0.2) is 0 Å². The third-order valence-electron chi connectivity index (χ3n) is 5.02. The van der Waals surface area contributed by atoms with Crippen LogP contribution in [-0.4, -0.2) is 86.9 Å². The van der Waals surface area contributed by atoms with Crippen LogP contribution < -0.4 is 10.6 Å². The van der Waals surface area contributed by atoms with E-state index >= 15 is 0 Å². The SMILES string of the molecule is CC(C)N(CCNC(=NCCN1CCOCC1)NCCc1ccco1)C(C)C. The van der Waals surface area contributed by atoms with E-state index in [1.165, 1.54) is 0 Å². The van der Waals surface area contributed by atoms with Gasteiger partial charge in [0, 0.05) is 57.8 Å². The second kappa shape index (κ2) is 12.8. The molecule has 1 aliphatic heterocycles. The van der Waals surface area contributed by atoms with E-state index in [9.17, 15) is 0 Å². The highest BCUT2D eigenvalue weighted by molar-refractivity contribution is 5.79. The molecule has 0 unspecified atom stereocenters. The van der Waals surface area contributed by atoms with Gasteiger partial charge >= 0.3 is 0 Å². The van der Waals surface area contributed by atoms with Crippen molar-refractivity contribution in [2.24, 2.45) is 4.99 Å². The van der Waals surface area contributed by atoms with Crippen LogP contribution in [0.5, 0.6) is 0 Å². The number of ether oxygens (including phenoxy) is 1. The van der Waals surface area contributed by atoms with Gasteiger partial charge in [0.2, 0.25) is 0 Å². The minimum atomic E-state index is 0.537. The summed E-state index contributed by atoms with van der Waals surface area (Å²) < 4.78 is 10.8. The topological polar surface area (TPSA) is 65.3 Å². The minimum Gasteiger partial charge on any atom is -0.469 e. The van der Waals surface area contributed by atoms with Crippen LogP contribution in [0.1, 0.15) is 33.5 Å². The van der Waals surface area contributed by atoms with E-state index in [2.05, 4.69) is 48.1 Å². The Morgan fingerprint density at radius 2 is 1.86 bits per heavy atom. The summed E-state index contributed by atoms with van der Waals surface area (Å²) in [5.41, 5.74) is 0. The fourth-order valence-corrected chi connectivity index (χ4v) is 3.48. The standard InChI is InChI=1S/C21H39N5O2/c1-18(2)26(19(3)4)12-10-24-21(22-8-7-20-6-5-15-28-20)23-9-11-25-13-16-27-17-14-25/h5-6,15,18-19H,7-14,16-17H2,1-4H3,(H2,22,23,24). The number of hydrogen-bond acceptors (Lipinski definition) is 5. The minimum absolute atomic E-state index is 0.537. The Morgan fingerprint density at radius 1 is 1.14 bits per heavy atom. The molecule has 0 aliphatic carbocycles. The third kappa shape index (κ3) is 8.63. The van der Waals surface area contributed by atoms with Crippen LogP contribution in [0.4, 0.5) is 0 Å². The van der Waals surface area contributed by atoms with Crippen LogP contribution in [0.15, 0.2) is 27.8 Å². The molecule has 0 amide bonds. The number of furan rings is 1. The van der Waals surface area contributed by atoms with E-state index < -0.39 is 0 Å². The smallest absolute Gasteiger partial charge is 0.191 e. The summed E-state index contributed by atoms with van der Waals surface area (Å²) in [5.74, 6) is 1.87. The molecule has 1 aliphatic rings. The van der Waals surface area contributed by atoms with Crippen molar-refractivity contribution < 1.29 is 9.15 Å². The third-order valence-corrected chi connectivity index (χ3v) is 5.02. The summed E-state index contributed by atoms with van der Waals surface area (Å²) in [6.07, 6.45) is 2.57. The van der Waals surface area contributed by atoms with Crippen LogP contribution in [0.25, 0.3) is 0 Å². The fraction of sp³-hybridized carbons (Fsp3) is 0.762. The molecule has 2 heterocycles. The van der Waals surface area contributed by atoms with Gasteiger partial charge in [0.15, 0.2) is 5.96 Å². The molecule has 1 aromatic rings. The van der Waals surface area contributed by atoms with E-state index in [4.69, 9.17) is 14.1 Å². The van der Waals surface area contributed by atoms with Crippen molar-refractivity contribution in [2.45, 2.75) is 46.2 Å². The first-order chi connectivity index (χ1) is 13.6. The molecular formula is C21H39N5O2. The molecule has 1 fully saturated rings.